The quantitative estimate of drug-likeness (QED) is 0.845. The first-order chi connectivity index (χ1) is 12.2. The standard InChI is InChI=1S/C19H29N3O3/c1-15-12-21(10-7-20-15)13-16-5-6-17(18(11-16)24-2)25-14-19(23)22-8-3-4-9-22/h5-6,11,15,20H,3-4,7-10,12-14H2,1-2H3. The van der Waals surface area contributed by atoms with Crippen molar-refractivity contribution in [3.05, 3.63) is 23.8 Å². The minimum absolute atomic E-state index is 0.0541. The van der Waals surface area contributed by atoms with Crippen LogP contribution < -0.4 is 14.8 Å². The lowest BCUT2D eigenvalue weighted by molar-refractivity contribution is -0.132. The van der Waals surface area contributed by atoms with Crippen molar-refractivity contribution in [2.45, 2.75) is 32.4 Å². The number of nitrogens with zero attached hydrogens (tertiary/aromatic N) is 2. The summed E-state index contributed by atoms with van der Waals surface area (Å²) in [5, 5.41) is 3.46. The molecule has 0 aromatic heterocycles. The molecule has 2 aliphatic rings. The fourth-order valence-corrected chi connectivity index (χ4v) is 3.54. The molecule has 0 aliphatic carbocycles. The van der Waals surface area contributed by atoms with Crippen LogP contribution in [0.4, 0.5) is 0 Å². The minimum atomic E-state index is 0.0541. The maximum absolute atomic E-state index is 12.1. The zero-order valence-electron chi connectivity index (χ0n) is 15.3. The highest BCUT2D eigenvalue weighted by molar-refractivity contribution is 5.78. The van der Waals surface area contributed by atoms with E-state index in [1.807, 2.05) is 17.0 Å². The lowest BCUT2D eigenvalue weighted by Gasteiger charge is -2.31. The van der Waals surface area contributed by atoms with Crippen molar-refractivity contribution in [2.75, 3.05) is 46.4 Å². The van der Waals surface area contributed by atoms with E-state index in [1.165, 1.54) is 5.56 Å². The van der Waals surface area contributed by atoms with Gasteiger partial charge in [0.25, 0.3) is 5.91 Å². The Bertz CT molecular complexity index is 587. The van der Waals surface area contributed by atoms with Crippen LogP contribution in [0.1, 0.15) is 25.3 Å². The van der Waals surface area contributed by atoms with E-state index in [0.29, 0.717) is 17.5 Å². The molecule has 0 bridgehead atoms. The third kappa shape index (κ3) is 4.86. The van der Waals surface area contributed by atoms with E-state index in [9.17, 15) is 4.79 Å². The Morgan fingerprint density at radius 2 is 2.04 bits per heavy atom. The molecule has 0 saturated carbocycles. The van der Waals surface area contributed by atoms with Crippen molar-refractivity contribution in [1.29, 1.82) is 0 Å². The molecule has 2 aliphatic heterocycles. The molecule has 1 aromatic carbocycles. The van der Waals surface area contributed by atoms with Crippen LogP contribution in [0.25, 0.3) is 0 Å². The Morgan fingerprint density at radius 1 is 1.24 bits per heavy atom. The highest BCUT2D eigenvalue weighted by Gasteiger charge is 2.19. The van der Waals surface area contributed by atoms with Gasteiger partial charge in [0.1, 0.15) is 0 Å². The molecule has 25 heavy (non-hydrogen) atoms. The molecule has 138 valence electrons. The van der Waals surface area contributed by atoms with Crippen LogP contribution >= 0.6 is 0 Å². The molecule has 1 atom stereocenters. The Morgan fingerprint density at radius 3 is 2.76 bits per heavy atom. The SMILES string of the molecule is COc1cc(CN2CCNC(C)C2)ccc1OCC(=O)N1CCCC1. The van der Waals surface area contributed by atoms with Gasteiger partial charge in [-0.15, -0.1) is 0 Å². The largest absolute Gasteiger partial charge is 0.493 e. The summed E-state index contributed by atoms with van der Waals surface area (Å²) in [7, 11) is 1.64. The lowest BCUT2D eigenvalue weighted by Crippen LogP contribution is -2.48. The number of amides is 1. The third-order valence-corrected chi connectivity index (χ3v) is 4.90. The number of hydrogen-bond acceptors (Lipinski definition) is 5. The number of benzene rings is 1. The molecule has 2 fully saturated rings. The van der Waals surface area contributed by atoms with Gasteiger partial charge in [-0.25, -0.2) is 0 Å². The number of rotatable bonds is 6. The summed E-state index contributed by atoms with van der Waals surface area (Å²) in [4.78, 5) is 16.4. The van der Waals surface area contributed by atoms with Crippen molar-refractivity contribution >= 4 is 5.91 Å². The van der Waals surface area contributed by atoms with Crippen LogP contribution in [-0.2, 0) is 11.3 Å². The summed E-state index contributed by atoms with van der Waals surface area (Å²) in [5.41, 5.74) is 1.20. The molecular formula is C19H29N3O3. The maximum Gasteiger partial charge on any atom is 0.260 e. The Kier molecular flexibility index (Phi) is 6.15. The van der Waals surface area contributed by atoms with Crippen molar-refractivity contribution < 1.29 is 14.3 Å². The van der Waals surface area contributed by atoms with E-state index in [0.717, 1.165) is 52.1 Å². The number of piperazine rings is 1. The lowest BCUT2D eigenvalue weighted by atomic mass is 10.1. The molecular weight excluding hydrogens is 318 g/mol. The van der Waals surface area contributed by atoms with E-state index in [1.54, 1.807) is 7.11 Å². The van der Waals surface area contributed by atoms with Crippen molar-refractivity contribution in [2.24, 2.45) is 0 Å². The van der Waals surface area contributed by atoms with Crippen molar-refractivity contribution in [3.63, 3.8) is 0 Å². The topological polar surface area (TPSA) is 54.0 Å². The van der Waals surface area contributed by atoms with Crippen LogP contribution in [-0.4, -0.2) is 68.2 Å². The first-order valence-electron chi connectivity index (χ1n) is 9.19. The average Bonchev–Trinajstić information content (AvgIpc) is 3.15. The second-order valence-electron chi connectivity index (χ2n) is 6.95. The molecule has 0 radical (unpaired) electrons. The van der Waals surface area contributed by atoms with E-state index in [-0.39, 0.29) is 12.5 Å². The highest BCUT2D eigenvalue weighted by atomic mass is 16.5. The van der Waals surface area contributed by atoms with Gasteiger partial charge in [-0.05, 0) is 37.5 Å². The number of carbonyl (C=O) groups excluding carboxylic acids is 1. The van der Waals surface area contributed by atoms with Gasteiger partial charge in [-0.3, -0.25) is 9.69 Å². The van der Waals surface area contributed by atoms with Crippen molar-refractivity contribution in [1.82, 2.24) is 15.1 Å². The summed E-state index contributed by atoms with van der Waals surface area (Å²) >= 11 is 0. The van der Waals surface area contributed by atoms with Gasteiger partial charge < -0.3 is 19.7 Å². The Labute approximate surface area is 150 Å². The zero-order valence-corrected chi connectivity index (χ0v) is 15.3. The molecule has 0 spiro atoms. The highest BCUT2D eigenvalue weighted by Crippen LogP contribution is 2.29. The number of ether oxygens (including phenoxy) is 2. The van der Waals surface area contributed by atoms with Crippen LogP contribution in [0.15, 0.2) is 18.2 Å². The maximum atomic E-state index is 12.1. The summed E-state index contributed by atoms with van der Waals surface area (Å²) < 4.78 is 11.2. The summed E-state index contributed by atoms with van der Waals surface area (Å²) in [6.45, 7) is 8.00. The predicted molar refractivity (Wildman–Crippen MR) is 97.0 cm³/mol. The van der Waals surface area contributed by atoms with Gasteiger partial charge >= 0.3 is 0 Å². The zero-order chi connectivity index (χ0) is 17.6. The number of nitrogens with one attached hydrogen (secondary N) is 1. The Balaban J connectivity index is 1.58. The fourth-order valence-electron chi connectivity index (χ4n) is 3.54. The smallest absolute Gasteiger partial charge is 0.260 e. The number of carbonyl (C=O) groups is 1. The van der Waals surface area contributed by atoms with Crippen LogP contribution in [0, 0.1) is 0 Å². The van der Waals surface area contributed by atoms with E-state index in [2.05, 4.69) is 23.2 Å². The Hall–Kier alpha value is -1.79. The van der Waals surface area contributed by atoms with Crippen LogP contribution in [0.3, 0.4) is 0 Å². The molecule has 1 unspecified atom stereocenters. The molecule has 2 saturated heterocycles. The summed E-state index contributed by atoms with van der Waals surface area (Å²) in [6, 6.07) is 6.51. The van der Waals surface area contributed by atoms with E-state index in [4.69, 9.17) is 9.47 Å². The second-order valence-corrected chi connectivity index (χ2v) is 6.95. The summed E-state index contributed by atoms with van der Waals surface area (Å²) in [5.74, 6) is 1.38. The van der Waals surface area contributed by atoms with Gasteiger partial charge in [0.05, 0.1) is 7.11 Å². The molecule has 3 rings (SSSR count). The van der Waals surface area contributed by atoms with E-state index < -0.39 is 0 Å². The first-order valence-corrected chi connectivity index (χ1v) is 9.19. The molecule has 1 aromatic rings. The third-order valence-electron chi connectivity index (χ3n) is 4.90. The van der Waals surface area contributed by atoms with Gasteiger partial charge in [0.2, 0.25) is 0 Å². The number of methoxy groups -OCH3 is 1. The molecule has 1 N–H and O–H groups in total. The number of hydrogen-bond donors (Lipinski definition) is 1. The average molecular weight is 347 g/mol. The van der Waals surface area contributed by atoms with Gasteiger partial charge in [0.15, 0.2) is 18.1 Å². The van der Waals surface area contributed by atoms with E-state index >= 15 is 0 Å². The monoisotopic (exact) mass is 347 g/mol. The number of likely N-dealkylation sites (tertiary alicyclic amines) is 1. The first kappa shape index (κ1) is 18.0. The predicted octanol–water partition coefficient (Wildman–Crippen LogP) is 1.49. The molecule has 1 amide bonds. The van der Waals surface area contributed by atoms with Gasteiger partial charge in [-0.2, -0.15) is 0 Å². The van der Waals surface area contributed by atoms with Crippen molar-refractivity contribution in [3.8, 4) is 11.5 Å². The second kappa shape index (κ2) is 8.54. The molecule has 6 heteroatoms. The van der Waals surface area contributed by atoms with Crippen LogP contribution in [0.5, 0.6) is 11.5 Å². The summed E-state index contributed by atoms with van der Waals surface area (Å²) in [6.07, 6.45) is 2.18. The fraction of sp³-hybridized carbons (Fsp3) is 0.632. The molecule has 2 heterocycles. The van der Waals surface area contributed by atoms with Gasteiger partial charge in [0, 0.05) is 45.3 Å². The van der Waals surface area contributed by atoms with Crippen LogP contribution in [0.2, 0.25) is 0 Å². The normalized spacial score (nSPS) is 21.4. The minimum Gasteiger partial charge on any atom is -0.493 e. The van der Waals surface area contributed by atoms with Gasteiger partial charge in [-0.1, -0.05) is 6.07 Å². The molecule has 6 nitrogen and oxygen atoms in total.